The third-order valence-corrected chi connectivity index (χ3v) is 2.09. The standard InChI is InChI=1S/C5H13NO4S.C3H7/c1-6(2)4-3-5(7)11(8,9)10;1-3-2/h5,7H,3-4H2,1-2H3,(H,8,9,10);1,3H2,2H3. The molecular formula is C8H20NO4S. The number of hydrogen-bond acceptors (Lipinski definition) is 4. The van der Waals surface area contributed by atoms with Crippen molar-refractivity contribution in [2.75, 3.05) is 20.6 Å². The van der Waals surface area contributed by atoms with Gasteiger partial charge in [0, 0.05) is 13.0 Å². The fraction of sp³-hybridized carbons (Fsp3) is 0.875. The van der Waals surface area contributed by atoms with Crippen LogP contribution in [0.25, 0.3) is 0 Å². The molecule has 0 aromatic heterocycles. The van der Waals surface area contributed by atoms with Gasteiger partial charge in [-0.25, -0.2) is 0 Å². The van der Waals surface area contributed by atoms with E-state index in [1.807, 2.05) is 6.92 Å². The van der Waals surface area contributed by atoms with Crippen LogP contribution in [-0.2, 0) is 10.1 Å². The number of aliphatic hydroxyl groups excluding tert-OH is 1. The Morgan fingerprint density at radius 1 is 1.43 bits per heavy atom. The molecule has 1 atom stereocenters. The SMILES string of the molecule is CN(C)CCC(O)S(=O)(=O)O.[CH2]CC. The van der Waals surface area contributed by atoms with Gasteiger partial charge in [0.2, 0.25) is 0 Å². The zero-order valence-electron chi connectivity index (χ0n) is 8.97. The van der Waals surface area contributed by atoms with E-state index in [9.17, 15) is 8.42 Å². The predicted molar refractivity (Wildman–Crippen MR) is 56.4 cm³/mol. The van der Waals surface area contributed by atoms with Gasteiger partial charge in [-0.05, 0) is 14.1 Å². The van der Waals surface area contributed by atoms with Crippen LogP contribution in [0.15, 0.2) is 0 Å². The monoisotopic (exact) mass is 226 g/mol. The summed E-state index contributed by atoms with van der Waals surface area (Å²) in [7, 11) is -0.776. The lowest BCUT2D eigenvalue weighted by atomic mass is 10.4. The molecule has 0 aliphatic carbocycles. The highest BCUT2D eigenvalue weighted by atomic mass is 32.2. The summed E-state index contributed by atoms with van der Waals surface area (Å²) in [5.41, 5.74) is -1.66. The van der Waals surface area contributed by atoms with Gasteiger partial charge in [-0.3, -0.25) is 4.55 Å². The Labute approximate surface area is 86.5 Å². The molecule has 0 rings (SSSR count). The molecule has 14 heavy (non-hydrogen) atoms. The number of nitrogens with zero attached hydrogens (tertiary/aromatic N) is 1. The van der Waals surface area contributed by atoms with Crippen molar-refractivity contribution in [2.24, 2.45) is 0 Å². The van der Waals surface area contributed by atoms with Gasteiger partial charge in [0.1, 0.15) is 0 Å². The molecule has 2 N–H and O–H groups in total. The summed E-state index contributed by atoms with van der Waals surface area (Å²) in [6, 6.07) is 0. The lowest BCUT2D eigenvalue weighted by Gasteiger charge is -2.11. The maximum Gasteiger partial charge on any atom is 0.292 e. The molecule has 1 radical (unpaired) electrons. The van der Waals surface area contributed by atoms with E-state index in [4.69, 9.17) is 9.66 Å². The van der Waals surface area contributed by atoms with Crippen molar-refractivity contribution in [1.82, 2.24) is 4.90 Å². The topological polar surface area (TPSA) is 77.8 Å². The zero-order chi connectivity index (χ0) is 11.8. The van der Waals surface area contributed by atoms with Crippen molar-refractivity contribution < 1.29 is 18.1 Å². The molecule has 0 aromatic rings. The van der Waals surface area contributed by atoms with E-state index < -0.39 is 15.6 Å². The van der Waals surface area contributed by atoms with Gasteiger partial charge < -0.3 is 10.0 Å². The molecule has 0 fully saturated rings. The van der Waals surface area contributed by atoms with Crippen LogP contribution in [0.4, 0.5) is 0 Å². The molecule has 6 heteroatoms. The first-order chi connectivity index (χ1) is 6.25. The van der Waals surface area contributed by atoms with Gasteiger partial charge in [-0.15, -0.1) is 0 Å². The summed E-state index contributed by atoms with van der Waals surface area (Å²) in [6.45, 7) is 5.92. The lowest BCUT2D eigenvalue weighted by Crippen LogP contribution is -2.25. The van der Waals surface area contributed by atoms with Gasteiger partial charge in [0.05, 0.1) is 0 Å². The van der Waals surface area contributed by atoms with E-state index in [2.05, 4.69) is 6.92 Å². The Morgan fingerprint density at radius 3 is 2.00 bits per heavy atom. The number of rotatable bonds is 4. The highest BCUT2D eigenvalue weighted by molar-refractivity contribution is 7.86. The molecule has 0 saturated heterocycles. The molecule has 0 saturated carbocycles. The summed E-state index contributed by atoms with van der Waals surface area (Å²) in [5.74, 6) is 0. The van der Waals surface area contributed by atoms with Crippen LogP contribution in [0.3, 0.4) is 0 Å². The highest BCUT2D eigenvalue weighted by Crippen LogP contribution is 1.99. The average Bonchev–Trinajstić information content (AvgIpc) is 1.99. The molecule has 0 bridgehead atoms. The van der Waals surface area contributed by atoms with Crippen molar-refractivity contribution in [3.05, 3.63) is 6.92 Å². The first-order valence-corrected chi connectivity index (χ1v) is 5.84. The fourth-order valence-corrected chi connectivity index (χ4v) is 0.921. The minimum absolute atomic E-state index is 0.0197. The van der Waals surface area contributed by atoms with Crippen molar-refractivity contribution >= 4 is 10.1 Å². The molecule has 0 heterocycles. The summed E-state index contributed by atoms with van der Waals surface area (Å²) in [4.78, 5) is 1.72. The van der Waals surface area contributed by atoms with Crippen molar-refractivity contribution in [2.45, 2.75) is 25.2 Å². The predicted octanol–water partition coefficient (Wildman–Crippen LogP) is 0.375. The normalized spacial score (nSPS) is 13.4. The van der Waals surface area contributed by atoms with E-state index in [0.29, 0.717) is 6.54 Å². The van der Waals surface area contributed by atoms with E-state index >= 15 is 0 Å². The molecule has 0 aliphatic rings. The Bertz CT molecular complexity index is 213. The maximum atomic E-state index is 10.2. The second-order valence-corrected chi connectivity index (χ2v) is 4.64. The van der Waals surface area contributed by atoms with E-state index in [1.54, 1.807) is 19.0 Å². The third kappa shape index (κ3) is 11.8. The molecule has 5 nitrogen and oxygen atoms in total. The minimum atomic E-state index is -4.27. The van der Waals surface area contributed by atoms with Crippen LogP contribution >= 0.6 is 0 Å². The number of hydrogen-bond donors (Lipinski definition) is 2. The van der Waals surface area contributed by atoms with Gasteiger partial charge in [-0.1, -0.05) is 20.3 Å². The average molecular weight is 226 g/mol. The largest absolute Gasteiger partial charge is 0.375 e. The van der Waals surface area contributed by atoms with Gasteiger partial charge in [0.25, 0.3) is 10.1 Å². The van der Waals surface area contributed by atoms with Gasteiger partial charge in [0.15, 0.2) is 5.44 Å². The van der Waals surface area contributed by atoms with E-state index in [0.717, 1.165) is 6.42 Å². The molecule has 1 unspecified atom stereocenters. The highest BCUT2D eigenvalue weighted by Gasteiger charge is 2.18. The van der Waals surface area contributed by atoms with Crippen LogP contribution in [-0.4, -0.2) is 49.1 Å². The molecule has 87 valence electrons. The summed E-state index contributed by atoms with van der Waals surface area (Å²) >= 11 is 0. The molecule has 0 aliphatic heterocycles. The molecule has 0 spiro atoms. The van der Waals surface area contributed by atoms with Crippen LogP contribution in [0.5, 0.6) is 0 Å². The molecule has 0 aromatic carbocycles. The van der Waals surface area contributed by atoms with Crippen molar-refractivity contribution in [3.63, 3.8) is 0 Å². The fourth-order valence-electron chi connectivity index (χ4n) is 0.518. The first kappa shape index (κ1) is 16.3. The van der Waals surface area contributed by atoms with Crippen molar-refractivity contribution in [3.8, 4) is 0 Å². The second-order valence-electron chi connectivity index (χ2n) is 3.06. The van der Waals surface area contributed by atoms with Crippen LogP contribution in [0.1, 0.15) is 19.8 Å². The molecule has 0 amide bonds. The van der Waals surface area contributed by atoms with Crippen molar-refractivity contribution in [1.29, 1.82) is 0 Å². The quantitative estimate of drug-likeness (QED) is 0.677. The zero-order valence-corrected chi connectivity index (χ0v) is 9.79. The first-order valence-electron chi connectivity index (χ1n) is 4.34. The van der Waals surface area contributed by atoms with Crippen LogP contribution in [0.2, 0.25) is 0 Å². The lowest BCUT2D eigenvalue weighted by molar-refractivity contribution is 0.207. The van der Waals surface area contributed by atoms with E-state index in [-0.39, 0.29) is 6.42 Å². The maximum absolute atomic E-state index is 10.2. The van der Waals surface area contributed by atoms with Gasteiger partial charge in [-0.2, -0.15) is 8.42 Å². The molecular weight excluding hydrogens is 206 g/mol. The third-order valence-electron chi connectivity index (χ3n) is 1.17. The van der Waals surface area contributed by atoms with Crippen LogP contribution < -0.4 is 0 Å². The summed E-state index contributed by atoms with van der Waals surface area (Å²) < 4.78 is 28.8. The summed E-state index contributed by atoms with van der Waals surface area (Å²) in [6.07, 6.45) is 1.02. The minimum Gasteiger partial charge on any atom is -0.375 e. The Hall–Kier alpha value is -0.170. The van der Waals surface area contributed by atoms with Gasteiger partial charge >= 0.3 is 0 Å². The smallest absolute Gasteiger partial charge is 0.292 e. The summed E-state index contributed by atoms with van der Waals surface area (Å²) in [5, 5.41) is 8.77. The Balaban J connectivity index is 0. The van der Waals surface area contributed by atoms with Crippen LogP contribution in [0, 0.1) is 6.92 Å². The number of aliphatic hydroxyl groups is 1. The van der Waals surface area contributed by atoms with E-state index in [1.165, 1.54) is 0 Å². The Morgan fingerprint density at radius 2 is 1.79 bits per heavy atom. The second kappa shape index (κ2) is 8.16. The Kier molecular flexibility index (Phi) is 9.49.